The van der Waals surface area contributed by atoms with Gasteiger partial charge in [-0.3, -0.25) is 0 Å². The van der Waals surface area contributed by atoms with Gasteiger partial charge in [0.25, 0.3) is 0 Å². The average molecular weight is 284 g/mol. The summed E-state index contributed by atoms with van der Waals surface area (Å²) < 4.78 is 5.37. The highest BCUT2D eigenvalue weighted by Gasteiger charge is 2.19. The second-order valence-corrected chi connectivity index (χ2v) is 4.93. The molecule has 0 fully saturated rings. The van der Waals surface area contributed by atoms with Crippen LogP contribution in [0.2, 0.25) is 10.0 Å². The Bertz CT molecular complexity index is 536. The molecule has 1 aromatic heterocycles. The predicted molar refractivity (Wildman–Crippen MR) is 75.4 cm³/mol. The molecule has 0 bridgehead atoms. The van der Waals surface area contributed by atoms with Crippen LogP contribution in [0.25, 0.3) is 0 Å². The second-order valence-electron chi connectivity index (χ2n) is 4.09. The summed E-state index contributed by atoms with van der Waals surface area (Å²) in [6.45, 7) is 4.85. The highest BCUT2D eigenvalue weighted by Crippen LogP contribution is 2.32. The van der Waals surface area contributed by atoms with Gasteiger partial charge in [0.05, 0.1) is 12.3 Å². The van der Waals surface area contributed by atoms with E-state index in [9.17, 15) is 0 Å². The van der Waals surface area contributed by atoms with Crippen LogP contribution >= 0.6 is 23.2 Å². The smallest absolute Gasteiger partial charge is 0.105 e. The Balaban J connectivity index is 2.45. The van der Waals surface area contributed by atoms with Crippen LogP contribution in [0.15, 0.2) is 34.9 Å². The number of aryl methyl sites for hydroxylation is 1. The number of hydrogen-bond donors (Lipinski definition) is 1. The molecule has 1 unspecified atom stereocenters. The van der Waals surface area contributed by atoms with Crippen molar-refractivity contribution in [3.63, 3.8) is 0 Å². The van der Waals surface area contributed by atoms with Crippen molar-refractivity contribution in [2.45, 2.75) is 19.9 Å². The molecule has 0 aliphatic carbocycles. The summed E-state index contributed by atoms with van der Waals surface area (Å²) in [7, 11) is 0. The first-order valence-electron chi connectivity index (χ1n) is 5.85. The maximum absolute atomic E-state index is 6.27. The lowest BCUT2D eigenvalue weighted by molar-refractivity contribution is 0.520. The summed E-state index contributed by atoms with van der Waals surface area (Å²) in [6.07, 6.45) is 1.69. The highest BCUT2D eigenvalue weighted by atomic mass is 35.5. The molecule has 0 amide bonds. The summed E-state index contributed by atoms with van der Waals surface area (Å²) in [4.78, 5) is 0. The minimum atomic E-state index is 0.0264. The average Bonchev–Trinajstić information content (AvgIpc) is 2.73. The molecule has 1 heterocycles. The molecule has 2 nitrogen and oxygen atoms in total. The maximum Gasteiger partial charge on any atom is 0.105 e. The molecular formula is C14H15Cl2NO. The van der Waals surface area contributed by atoms with Crippen LogP contribution in [0.3, 0.4) is 0 Å². The molecule has 96 valence electrons. The third kappa shape index (κ3) is 2.72. The molecule has 0 spiro atoms. The van der Waals surface area contributed by atoms with Gasteiger partial charge < -0.3 is 9.73 Å². The van der Waals surface area contributed by atoms with Crippen LogP contribution in [0.5, 0.6) is 0 Å². The van der Waals surface area contributed by atoms with Crippen molar-refractivity contribution in [1.82, 2.24) is 5.32 Å². The van der Waals surface area contributed by atoms with Gasteiger partial charge in [-0.2, -0.15) is 0 Å². The van der Waals surface area contributed by atoms with Gasteiger partial charge in [-0.05, 0) is 37.2 Å². The molecule has 1 aromatic carbocycles. The van der Waals surface area contributed by atoms with Crippen LogP contribution in [0.1, 0.15) is 29.9 Å². The van der Waals surface area contributed by atoms with E-state index in [0.717, 1.165) is 23.4 Å². The first kappa shape index (κ1) is 13.5. The van der Waals surface area contributed by atoms with E-state index in [0.29, 0.717) is 10.0 Å². The van der Waals surface area contributed by atoms with Gasteiger partial charge >= 0.3 is 0 Å². The van der Waals surface area contributed by atoms with E-state index in [2.05, 4.69) is 12.2 Å². The topological polar surface area (TPSA) is 25.2 Å². The van der Waals surface area contributed by atoms with Crippen LogP contribution in [0, 0.1) is 6.92 Å². The van der Waals surface area contributed by atoms with Gasteiger partial charge in [0.15, 0.2) is 0 Å². The van der Waals surface area contributed by atoms with E-state index >= 15 is 0 Å². The monoisotopic (exact) mass is 283 g/mol. The van der Waals surface area contributed by atoms with Crippen LogP contribution in [0.4, 0.5) is 0 Å². The van der Waals surface area contributed by atoms with Gasteiger partial charge in [-0.15, -0.1) is 0 Å². The Labute approximate surface area is 117 Å². The van der Waals surface area contributed by atoms with Crippen molar-refractivity contribution in [1.29, 1.82) is 0 Å². The second kappa shape index (κ2) is 5.79. The number of nitrogens with one attached hydrogen (secondary N) is 1. The summed E-state index contributed by atoms with van der Waals surface area (Å²) in [5.41, 5.74) is 2.11. The van der Waals surface area contributed by atoms with E-state index in [1.54, 1.807) is 12.3 Å². The van der Waals surface area contributed by atoms with Gasteiger partial charge in [0.1, 0.15) is 5.76 Å². The van der Waals surface area contributed by atoms with Gasteiger partial charge in [0, 0.05) is 15.6 Å². The van der Waals surface area contributed by atoms with Crippen molar-refractivity contribution in [3.8, 4) is 0 Å². The van der Waals surface area contributed by atoms with Crippen LogP contribution in [-0.2, 0) is 0 Å². The number of benzene rings is 1. The standard InChI is InChI=1S/C14H15Cl2NO/c1-3-17-14(11-6-7-18-9(11)2)12-5-4-10(15)8-13(12)16/h4-8,14,17H,3H2,1-2H3. The molecule has 18 heavy (non-hydrogen) atoms. The number of furan rings is 1. The molecule has 0 radical (unpaired) electrons. The quantitative estimate of drug-likeness (QED) is 0.888. The number of halogens is 2. The van der Waals surface area contributed by atoms with E-state index in [4.69, 9.17) is 27.6 Å². The lowest BCUT2D eigenvalue weighted by Gasteiger charge is -2.19. The van der Waals surface area contributed by atoms with Crippen molar-refractivity contribution >= 4 is 23.2 Å². The van der Waals surface area contributed by atoms with Crippen molar-refractivity contribution in [3.05, 3.63) is 57.5 Å². The SMILES string of the molecule is CCNC(c1ccc(Cl)cc1Cl)c1ccoc1C. The summed E-state index contributed by atoms with van der Waals surface area (Å²) >= 11 is 12.2. The third-order valence-electron chi connectivity index (χ3n) is 2.89. The zero-order valence-corrected chi connectivity index (χ0v) is 11.8. The van der Waals surface area contributed by atoms with E-state index < -0.39 is 0 Å². The lowest BCUT2D eigenvalue weighted by atomic mass is 9.99. The Morgan fingerprint density at radius 2 is 2.00 bits per heavy atom. The Morgan fingerprint density at radius 3 is 2.56 bits per heavy atom. The van der Waals surface area contributed by atoms with Crippen molar-refractivity contribution in [2.75, 3.05) is 6.54 Å². The molecular weight excluding hydrogens is 269 g/mol. The minimum Gasteiger partial charge on any atom is -0.469 e. The fraction of sp³-hybridized carbons (Fsp3) is 0.286. The third-order valence-corrected chi connectivity index (χ3v) is 3.45. The molecule has 0 saturated carbocycles. The van der Waals surface area contributed by atoms with Gasteiger partial charge in [0.2, 0.25) is 0 Å². The fourth-order valence-corrected chi connectivity index (χ4v) is 2.54. The lowest BCUT2D eigenvalue weighted by Crippen LogP contribution is -2.22. The zero-order valence-electron chi connectivity index (χ0n) is 10.3. The zero-order chi connectivity index (χ0) is 13.1. The molecule has 0 aliphatic heterocycles. The van der Waals surface area contributed by atoms with E-state index in [1.165, 1.54) is 0 Å². The Morgan fingerprint density at radius 1 is 1.22 bits per heavy atom. The van der Waals surface area contributed by atoms with Gasteiger partial charge in [-0.25, -0.2) is 0 Å². The number of hydrogen-bond acceptors (Lipinski definition) is 2. The molecule has 1 N–H and O–H groups in total. The molecule has 2 rings (SSSR count). The van der Waals surface area contributed by atoms with Gasteiger partial charge in [-0.1, -0.05) is 36.2 Å². The molecule has 4 heteroatoms. The Hall–Kier alpha value is -0.960. The Kier molecular flexibility index (Phi) is 4.33. The summed E-state index contributed by atoms with van der Waals surface area (Å²) in [5.74, 6) is 0.895. The molecule has 2 aromatic rings. The highest BCUT2D eigenvalue weighted by molar-refractivity contribution is 6.35. The largest absolute Gasteiger partial charge is 0.469 e. The first-order valence-corrected chi connectivity index (χ1v) is 6.61. The van der Waals surface area contributed by atoms with Crippen molar-refractivity contribution in [2.24, 2.45) is 0 Å². The number of rotatable bonds is 4. The van der Waals surface area contributed by atoms with Crippen LogP contribution in [-0.4, -0.2) is 6.54 Å². The van der Waals surface area contributed by atoms with Crippen molar-refractivity contribution < 1.29 is 4.42 Å². The van der Waals surface area contributed by atoms with E-state index in [1.807, 2.05) is 25.1 Å². The fourth-order valence-electron chi connectivity index (χ4n) is 2.02. The molecule has 0 aliphatic rings. The first-order chi connectivity index (χ1) is 8.63. The summed E-state index contributed by atoms with van der Waals surface area (Å²) in [6, 6.07) is 7.55. The maximum atomic E-state index is 6.27. The minimum absolute atomic E-state index is 0.0264. The molecule has 1 atom stereocenters. The predicted octanol–water partition coefficient (Wildman–Crippen LogP) is 4.59. The normalized spacial score (nSPS) is 12.7. The van der Waals surface area contributed by atoms with Crippen LogP contribution < -0.4 is 5.32 Å². The van der Waals surface area contributed by atoms with E-state index in [-0.39, 0.29) is 6.04 Å². The summed E-state index contributed by atoms with van der Waals surface area (Å²) in [5, 5.41) is 4.72. The molecule has 0 saturated heterocycles.